The van der Waals surface area contributed by atoms with Crippen LogP contribution in [0.5, 0.6) is 0 Å². The fourth-order valence-corrected chi connectivity index (χ4v) is 3.23. The molecule has 2 aliphatic rings. The zero-order chi connectivity index (χ0) is 14.8. The number of ether oxygens (including phenoxy) is 1. The van der Waals surface area contributed by atoms with Crippen LogP contribution < -0.4 is 0 Å². The molecule has 2 atom stereocenters. The summed E-state index contributed by atoms with van der Waals surface area (Å²) in [5.74, 6) is -1.15. The Bertz CT molecular complexity index is 373. The quantitative estimate of drug-likeness (QED) is 0.732. The summed E-state index contributed by atoms with van der Waals surface area (Å²) >= 11 is 0. The van der Waals surface area contributed by atoms with Crippen LogP contribution in [0, 0.1) is 11.8 Å². The number of halogens is 3. The van der Waals surface area contributed by atoms with E-state index in [9.17, 15) is 18.0 Å². The Hall–Kier alpha value is -1.04. The summed E-state index contributed by atoms with van der Waals surface area (Å²) in [6.45, 7) is 0.369. The second-order valence-electron chi connectivity index (χ2n) is 5.48. The third-order valence-corrected chi connectivity index (χ3v) is 4.32. The Morgan fingerprint density at radius 1 is 1.25 bits per heavy atom. The van der Waals surface area contributed by atoms with E-state index in [0.717, 1.165) is 17.7 Å². The molecule has 0 bridgehead atoms. The van der Waals surface area contributed by atoms with Crippen LogP contribution >= 0.6 is 0 Å². The summed E-state index contributed by atoms with van der Waals surface area (Å²) < 4.78 is 42.6. The van der Waals surface area contributed by atoms with E-state index in [2.05, 4.69) is 12.2 Å². The Morgan fingerprint density at radius 2 is 1.90 bits per heavy atom. The van der Waals surface area contributed by atoms with E-state index >= 15 is 0 Å². The minimum atomic E-state index is -4.76. The second kappa shape index (κ2) is 6.16. The van der Waals surface area contributed by atoms with Crippen molar-refractivity contribution in [3.8, 4) is 0 Å². The monoisotopic (exact) mass is 291 g/mol. The largest absolute Gasteiger partial charge is 0.471 e. The van der Waals surface area contributed by atoms with Crippen LogP contribution in [0.2, 0.25) is 0 Å². The number of methoxy groups -OCH3 is 1. The number of hydrogen-bond acceptors (Lipinski definition) is 2. The molecule has 1 amide bonds. The van der Waals surface area contributed by atoms with E-state index in [1.807, 2.05) is 0 Å². The number of carbonyl (C=O) groups excluding carboxylic acids is 1. The van der Waals surface area contributed by atoms with E-state index in [-0.39, 0.29) is 25.1 Å². The van der Waals surface area contributed by atoms with Crippen LogP contribution in [0.25, 0.3) is 0 Å². The molecule has 0 spiro atoms. The Morgan fingerprint density at radius 3 is 2.45 bits per heavy atom. The van der Waals surface area contributed by atoms with Gasteiger partial charge in [-0.1, -0.05) is 12.2 Å². The summed E-state index contributed by atoms with van der Waals surface area (Å²) in [6.07, 6.45) is 2.80. The third kappa shape index (κ3) is 3.34. The van der Waals surface area contributed by atoms with Crippen molar-refractivity contribution in [3.05, 3.63) is 12.2 Å². The first-order valence-electron chi connectivity index (χ1n) is 6.99. The van der Waals surface area contributed by atoms with Gasteiger partial charge in [0.15, 0.2) is 0 Å². The Labute approximate surface area is 116 Å². The molecule has 114 valence electrons. The molecular formula is C14H20F3NO2. The maximum Gasteiger partial charge on any atom is 0.471 e. The number of nitrogens with zero attached hydrogens (tertiary/aromatic N) is 1. The highest BCUT2D eigenvalue weighted by Crippen LogP contribution is 2.34. The molecule has 1 aliphatic carbocycles. The van der Waals surface area contributed by atoms with Gasteiger partial charge in [0.05, 0.1) is 6.10 Å². The molecular weight excluding hydrogens is 271 g/mol. The topological polar surface area (TPSA) is 29.5 Å². The van der Waals surface area contributed by atoms with Gasteiger partial charge in [-0.3, -0.25) is 4.79 Å². The molecule has 2 rings (SSSR count). The number of carbonyl (C=O) groups is 1. The molecule has 1 aliphatic heterocycles. The normalized spacial score (nSPS) is 28.7. The van der Waals surface area contributed by atoms with Crippen LogP contribution in [-0.2, 0) is 9.53 Å². The zero-order valence-corrected chi connectivity index (χ0v) is 11.5. The van der Waals surface area contributed by atoms with Crippen molar-refractivity contribution in [3.63, 3.8) is 0 Å². The summed E-state index contributed by atoms with van der Waals surface area (Å²) in [5, 5.41) is 0. The van der Waals surface area contributed by atoms with Gasteiger partial charge in [0.2, 0.25) is 0 Å². The highest BCUT2D eigenvalue weighted by Gasteiger charge is 2.44. The molecule has 1 heterocycles. The molecule has 2 unspecified atom stereocenters. The predicted octanol–water partition coefficient (Wildman–Crippen LogP) is 2.77. The maximum atomic E-state index is 12.4. The molecule has 0 aromatic rings. The minimum absolute atomic E-state index is 0.148. The average molecular weight is 291 g/mol. The molecule has 3 nitrogen and oxygen atoms in total. The van der Waals surface area contributed by atoms with Crippen molar-refractivity contribution in [2.24, 2.45) is 11.8 Å². The van der Waals surface area contributed by atoms with E-state index in [1.54, 1.807) is 7.11 Å². The van der Waals surface area contributed by atoms with Crippen LogP contribution in [-0.4, -0.2) is 43.3 Å². The molecule has 1 saturated heterocycles. The fraction of sp³-hybridized carbons (Fsp3) is 0.786. The number of allylic oxidation sites excluding steroid dienone is 1. The molecule has 0 saturated carbocycles. The SMILES string of the molecule is COC1CCC=CC1C1CCN(C(=O)C(F)(F)F)CC1. The summed E-state index contributed by atoms with van der Waals surface area (Å²) in [6, 6.07) is 0. The average Bonchev–Trinajstić information content (AvgIpc) is 2.45. The van der Waals surface area contributed by atoms with Crippen molar-refractivity contribution in [1.82, 2.24) is 4.90 Å². The van der Waals surface area contributed by atoms with Gasteiger partial charge in [-0.15, -0.1) is 0 Å². The fourth-order valence-electron chi connectivity index (χ4n) is 3.23. The van der Waals surface area contributed by atoms with Crippen LogP contribution in [0.1, 0.15) is 25.7 Å². The molecule has 0 aromatic carbocycles. The second-order valence-corrected chi connectivity index (χ2v) is 5.48. The van der Waals surface area contributed by atoms with Crippen molar-refractivity contribution in [1.29, 1.82) is 0 Å². The first-order chi connectivity index (χ1) is 9.43. The van der Waals surface area contributed by atoms with Gasteiger partial charge in [0, 0.05) is 26.1 Å². The van der Waals surface area contributed by atoms with Gasteiger partial charge in [-0.05, 0) is 31.6 Å². The number of likely N-dealkylation sites (tertiary alicyclic amines) is 1. The number of rotatable bonds is 2. The lowest BCUT2D eigenvalue weighted by Crippen LogP contribution is -2.47. The lowest BCUT2D eigenvalue weighted by Gasteiger charge is -2.39. The van der Waals surface area contributed by atoms with Crippen molar-refractivity contribution >= 4 is 5.91 Å². The zero-order valence-electron chi connectivity index (χ0n) is 11.5. The number of amides is 1. The van der Waals surface area contributed by atoms with E-state index < -0.39 is 12.1 Å². The minimum Gasteiger partial charge on any atom is -0.381 e. The van der Waals surface area contributed by atoms with E-state index in [1.165, 1.54) is 0 Å². The van der Waals surface area contributed by atoms with Crippen LogP contribution in [0.4, 0.5) is 13.2 Å². The first kappa shape index (κ1) is 15.4. The number of hydrogen-bond donors (Lipinski definition) is 0. The lowest BCUT2D eigenvalue weighted by molar-refractivity contribution is -0.187. The predicted molar refractivity (Wildman–Crippen MR) is 68.0 cm³/mol. The molecule has 20 heavy (non-hydrogen) atoms. The summed E-state index contributed by atoms with van der Waals surface area (Å²) in [5.41, 5.74) is 0. The highest BCUT2D eigenvalue weighted by atomic mass is 19.4. The molecule has 1 fully saturated rings. The molecule has 6 heteroatoms. The van der Waals surface area contributed by atoms with Gasteiger partial charge in [-0.25, -0.2) is 0 Å². The van der Waals surface area contributed by atoms with Crippen molar-refractivity contribution in [2.45, 2.75) is 38.0 Å². The summed E-state index contributed by atoms with van der Waals surface area (Å²) in [4.78, 5) is 12.1. The molecule has 0 aromatic heterocycles. The van der Waals surface area contributed by atoms with E-state index in [4.69, 9.17) is 4.74 Å². The smallest absolute Gasteiger partial charge is 0.381 e. The van der Waals surface area contributed by atoms with Crippen molar-refractivity contribution in [2.75, 3.05) is 20.2 Å². The van der Waals surface area contributed by atoms with Crippen molar-refractivity contribution < 1.29 is 22.7 Å². The van der Waals surface area contributed by atoms with Gasteiger partial charge < -0.3 is 9.64 Å². The summed E-state index contributed by atoms with van der Waals surface area (Å²) in [7, 11) is 1.68. The highest BCUT2D eigenvalue weighted by molar-refractivity contribution is 5.81. The molecule has 0 radical (unpaired) electrons. The standard InChI is InChI=1S/C14H20F3NO2/c1-20-12-5-3-2-4-11(12)10-6-8-18(9-7-10)13(19)14(15,16)17/h2,4,10-12H,3,5-9H2,1H3. The first-order valence-corrected chi connectivity index (χ1v) is 6.99. The van der Waals surface area contributed by atoms with Gasteiger partial charge in [-0.2, -0.15) is 13.2 Å². The van der Waals surface area contributed by atoms with Gasteiger partial charge in [0.1, 0.15) is 0 Å². The van der Waals surface area contributed by atoms with Gasteiger partial charge >= 0.3 is 12.1 Å². The van der Waals surface area contributed by atoms with E-state index in [0.29, 0.717) is 18.8 Å². The van der Waals surface area contributed by atoms with Crippen LogP contribution in [0.3, 0.4) is 0 Å². The lowest BCUT2D eigenvalue weighted by atomic mass is 9.77. The maximum absolute atomic E-state index is 12.4. The molecule has 0 N–H and O–H groups in total. The number of piperidine rings is 1. The van der Waals surface area contributed by atoms with Crippen LogP contribution in [0.15, 0.2) is 12.2 Å². The Balaban J connectivity index is 1.92. The van der Waals surface area contributed by atoms with Gasteiger partial charge in [0.25, 0.3) is 0 Å². The Kier molecular flexibility index (Phi) is 4.73. The number of alkyl halides is 3. The third-order valence-electron chi connectivity index (χ3n) is 4.32.